The van der Waals surface area contributed by atoms with E-state index >= 15 is 0 Å². The zero-order chi connectivity index (χ0) is 13.0. The third-order valence-corrected chi connectivity index (χ3v) is 3.30. The van der Waals surface area contributed by atoms with Crippen LogP contribution >= 0.6 is 0 Å². The van der Waals surface area contributed by atoms with E-state index in [1.807, 2.05) is 18.2 Å². The standard InChI is InChI=1S/C14H19NO3/c16-12(9-14(17)18)10-15-8-4-3-6-11-5-1-2-7-13(11)15/h1-2,5,7,12,16H,3-4,6,8-10H2,(H,17,18). The second-order valence-electron chi connectivity index (χ2n) is 4.78. The predicted molar refractivity (Wildman–Crippen MR) is 69.9 cm³/mol. The molecule has 2 rings (SSSR count). The molecule has 2 N–H and O–H groups in total. The number of para-hydroxylation sites is 1. The van der Waals surface area contributed by atoms with Crippen LogP contribution in [0.2, 0.25) is 0 Å². The van der Waals surface area contributed by atoms with E-state index in [4.69, 9.17) is 5.11 Å². The number of carboxylic acid groups (broad SMARTS) is 1. The van der Waals surface area contributed by atoms with Crippen LogP contribution in [0.3, 0.4) is 0 Å². The number of β-amino-alcohol motifs (C(OH)–C–C–N with tert-alkyl or cyclic N) is 1. The van der Waals surface area contributed by atoms with E-state index in [1.54, 1.807) is 0 Å². The van der Waals surface area contributed by atoms with Crippen molar-refractivity contribution in [2.24, 2.45) is 0 Å². The first-order valence-corrected chi connectivity index (χ1v) is 6.39. The number of carbonyl (C=O) groups is 1. The van der Waals surface area contributed by atoms with E-state index < -0.39 is 12.1 Å². The summed E-state index contributed by atoms with van der Waals surface area (Å²) in [6, 6.07) is 8.17. The minimum absolute atomic E-state index is 0.196. The molecule has 0 aliphatic carbocycles. The summed E-state index contributed by atoms with van der Waals surface area (Å²) < 4.78 is 0. The van der Waals surface area contributed by atoms with Crippen LogP contribution < -0.4 is 4.90 Å². The number of hydrogen-bond acceptors (Lipinski definition) is 3. The fourth-order valence-electron chi connectivity index (χ4n) is 2.48. The first-order valence-electron chi connectivity index (χ1n) is 6.39. The summed E-state index contributed by atoms with van der Waals surface area (Å²) in [6.07, 6.45) is 2.27. The number of rotatable bonds is 4. The van der Waals surface area contributed by atoms with E-state index in [1.165, 1.54) is 5.56 Å². The van der Waals surface area contributed by atoms with E-state index in [0.29, 0.717) is 6.54 Å². The molecular weight excluding hydrogens is 230 g/mol. The van der Waals surface area contributed by atoms with Gasteiger partial charge in [0.15, 0.2) is 0 Å². The van der Waals surface area contributed by atoms with Crippen molar-refractivity contribution in [3.63, 3.8) is 0 Å². The SMILES string of the molecule is O=C(O)CC(O)CN1CCCCc2ccccc21. The lowest BCUT2D eigenvalue weighted by Gasteiger charge is -2.26. The Kier molecular flexibility index (Phi) is 4.20. The zero-order valence-electron chi connectivity index (χ0n) is 10.4. The van der Waals surface area contributed by atoms with Crippen LogP contribution in [0.5, 0.6) is 0 Å². The summed E-state index contributed by atoms with van der Waals surface area (Å²) in [5.74, 6) is -0.953. The predicted octanol–water partition coefficient (Wildman–Crippen LogP) is 1.66. The fourth-order valence-corrected chi connectivity index (χ4v) is 2.48. The van der Waals surface area contributed by atoms with Crippen LogP contribution in [0.4, 0.5) is 5.69 Å². The van der Waals surface area contributed by atoms with E-state index in [9.17, 15) is 9.90 Å². The molecule has 1 aromatic carbocycles. The number of carboxylic acids is 1. The average Bonchev–Trinajstić information content (AvgIpc) is 2.51. The van der Waals surface area contributed by atoms with Gasteiger partial charge in [0.1, 0.15) is 0 Å². The second kappa shape index (κ2) is 5.87. The first kappa shape index (κ1) is 12.9. The van der Waals surface area contributed by atoms with Gasteiger partial charge in [-0.25, -0.2) is 0 Å². The van der Waals surface area contributed by atoms with Crippen LogP contribution in [-0.2, 0) is 11.2 Å². The van der Waals surface area contributed by atoms with Gasteiger partial charge in [-0.15, -0.1) is 0 Å². The van der Waals surface area contributed by atoms with Crippen molar-refractivity contribution in [1.82, 2.24) is 0 Å². The normalized spacial score (nSPS) is 16.8. The van der Waals surface area contributed by atoms with Crippen molar-refractivity contribution in [3.05, 3.63) is 29.8 Å². The molecule has 1 aromatic rings. The van der Waals surface area contributed by atoms with Gasteiger partial charge in [-0.1, -0.05) is 18.2 Å². The van der Waals surface area contributed by atoms with Gasteiger partial charge >= 0.3 is 5.97 Å². The quantitative estimate of drug-likeness (QED) is 0.852. The number of aliphatic hydroxyl groups is 1. The Labute approximate surface area is 107 Å². The Hall–Kier alpha value is -1.55. The molecule has 0 radical (unpaired) electrons. The van der Waals surface area contributed by atoms with Gasteiger partial charge in [0, 0.05) is 18.8 Å². The monoisotopic (exact) mass is 249 g/mol. The largest absolute Gasteiger partial charge is 0.481 e. The summed E-state index contributed by atoms with van der Waals surface area (Å²) in [4.78, 5) is 12.7. The van der Waals surface area contributed by atoms with Crippen LogP contribution in [0.1, 0.15) is 24.8 Å². The van der Waals surface area contributed by atoms with Gasteiger partial charge in [0.2, 0.25) is 0 Å². The van der Waals surface area contributed by atoms with Gasteiger partial charge in [-0.05, 0) is 30.9 Å². The molecule has 0 fully saturated rings. The van der Waals surface area contributed by atoms with Crippen molar-refractivity contribution >= 4 is 11.7 Å². The zero-order valence-corrected chi connectivity index (χ0v) is 10.4. The summed E-state index contributed by atoms with van der Waals surface area (Å²) in [7, 11) is 0. The molecule has 0 saturated carbocycles. The fraction of sp³-hybridized carbons (Fsp3) is 0.500. The molecule has 1 heterocycles. The lowest BCUT2D eigenvalue weighted by molar-refractivity contribution is -0.139. The summed E-state index contributed by atoms with van der Waals surface area (Å²) >= 11 is 0. The molecule has 1 aliphatic rings. The maximum atomic E-state index is 10.6. The molecule has 0 aromatic heterocycles. The highest BCUT2D eigenvalue weighted by molar-refractivity contribution is 5.67. The molecule has 0 amide bonds. The van der Waals surface area contributed by atoms with Crippen molar-refractivity contribution < 1.29 is 15.0 Å². The molecule has 0 spiro atoms. The number of aryl methyl sites for hydroxylation is 1. The van der Waals surface area contributed by atoms with Crippen molar-refractivity contribution in [3.8, 4) is 0 Å². The third-order valence-electron chi connectivity index (χ3n) is 3.30. The molecule has 18 heavy (non-hydrogen) atoms. The Bertz CT molecular complexity index is 419. The van der Waals surface area contributed by atoms with Crippen LogP contribution in [-0.4, -0.2) is 35.4 Å². The van der Waals surface area contributed by atoms with Gasteiger partial charge in [-0.2, -0.15) is 0 Å². The Morgan fingerprint density at radius 1 is 1.33 bits per heavy atom. The molecule has 1 atom stereocenters. The average molecular weight is 249 g/mol. The van der Waals surface area contributed by atoms with Crippen LogP contribution in [0.25, 0.3) is 0 Å². The van der Waals surface area contributed by atoms with Crippen LogP contribution in [0, 0.1) is 0 Å². The van der Waals surface area contributed by atoms with E-state index in [2.05, 4.69) is 11.0 Å². The lowest BCUT2D eigenvalue weighted by Crippen LogP contribution is -2.34. The summed E-state index contributed by atoms with van der Waals surface area (Å²) in [5.41, 5.74) is 2.43. The number of benzene rings is 1. The van der Waals surface area contributed by atoms with E-state index in [0.717, 1.165) is 31.5 Å². The number of aliphatic carboxylic acids is 1. The maximum absolute atomic E-state index is 10.6. The minimum Gasteiger partial charge on any atom is -0.481 e. The number of fused-ring (bicyclic) bond motifs is 1. The molecule has 98 valence electrons. The molecule has 1 aliphatic heterocycles. The van der Waals surface area contributed by atoms with Gasteiger partial charge in [-0.3, -0.25) is 4.79 Å². The highest BCUT2D eigenvalue weighted by Crippen LogP contribution is 2.26. The smallest absolute Gasteiger partial charge is 0.306 e. The Morgan fingerprint density at radius 2 is 2.11 bits per heavy atom. The molecular formula is C14H19NO3. The second-order valence-corrected chi connectivity index (χ2v) is 4.78. The molecule has 1 unspecified atom stereocenters. The Morgan fingerprint density at radius 3 is 2.89 bits per heavy atom. The third kappa shape index (κ3) is 3.23. The lowest BCUT2D eigenvalue weighted by atomic mass is 10.1. The van der Waals surface area contributed by atoms with Gasteiger partial charge in [0.25, 0.3) is 0 Å². The van der Waals surface area contributed by atoms with Gasteiger partial charge in [0.05, 0.1) is 12.5 Å². The highest BCUT2D eigenvalue weighted by atomic mass is 16.4. The number of hydrogen-bond donors (Lipinski definition) is 2. The van der Waals surface area contributed by atoms with Crippen LogP contribution in [0.15, 0.2) is 24.3 Å². The molecule has 4 heteroatoms. The Balaban J connectivity index is 2.10. The summed E-state index contributed by atoms with van der Waals surface area (Å²) in [6.45, 7) is 1.27. The number of anilines is 1. The molecule has 4 nitrogen and oxygen atoms in total. The first-order chi connectivity index (χ1) is 8.66. The van der Waals surface area contributed by atoms with E-state index in [-0.39, 0.29) is 6.42 Å². The van der Waals surface area contributed by atoms with Gasteiger partial charge < -0.3 is 15.1 Å². The highest BCUT2D eigenvalue weighted by Gasteiger charge is 2.19. The number of nitrogens with zero attached hydrogens (tertiary/aromatic N) is 1. The molecule has 0 saturated heterocycles. The number of aliphatic hydroxyl groups excluding tert-OH is 1. The topological polar surface area (TPSA) is 60.8 Å². The van der Waals surface area contributed by atoms with Crippen molar-refractivity contribution in [1.29, 1.82) is 0 Å². The minimum atomic E-state index is -0.953. The van der Waals surface area contributed by atoms with Crippen molar-refractivity contribution in [2.45, 2.75) is 31.8 Å². The molecule has 0 bridgehead atoms. The maximum Gasteiger partial charge on any atom is 0.306 e. The van der Waals surface area contributed by atoms with Crippen molar-refractivity contribution in [2.75, 3.05) is 18.0 Å². The summed E-state index contributed by atoms with van der Waals surface area (Å²) in [5, 5.41) is 18.5.